The minimum absolute atomic E-state index is 0.0169. The van der Waals surface area contributed by atoms with Crippen molar-refractivity contribution in [1.82, 2.24) is 5.32 Å². The van der Waals surface area contributed by atoms with E-state index in [1.807, 2.05) is 11.8 Å². The summed E-state index contributed by atoms with van der Waals surface area (Å²) in [6, 6.07) is 8.86. The summed E-state index contributed by atoms with van der Waals surface area (Å²) >= 11 is 1.90. The lowest BCUT2D eigenvalue weighted by molar-refractivity contribution is 0.0207. The largest absolute Gasteiger partial charge is 0.379 e. The molecule has 0 fully saturated rings. The van der Waals surface area contributed by atoms with Crippen LogP contribution in [-0.2, 0) is 11.3 Å². The van der Waals surface area contributed by atoms with Gasteiger partial charge < -0.3 is 10.1 Å². The highest BCUT2D eigenvalue weighted by Crippen LogP contribution is 2.23. The molecule has 2 nitrogen and oxygen atoms in total. The summed E-state index contributed by atoms with van der Waals surface area (Å²) in [5.74, 6) is 1.09. The molecule has 0 atom stereocenters. The average molecular weight is 281 g/mol. The molecule has 0 aromatic heterocycles. The molecule has 1 aromatic rings. The standard InChI is InChI=1S/C16H27NOS/c1-5-11-17-13-14-6-8-15(9-7-14)19-12-10-16(2,3)18-4/h6-9,17H,5,10-13H2,1-4H3. The number of thioether (sulfide) groups is 1. The Bertz CT molecular complexity index is 348. The Labute approximate surface area is 122 Å². The molecule has 0 bridgehead atoms. The smallest absolute Gasteiger partial charge is 0.0630 e. The van der Waals surface area contributed by atoms with E-state index in [-0.39, 0.29) is 5.60 Å². The Morgan fingerprint density at radius 3 is 2.47 bits per heavy atom. The third-order valence-corrected chi connectivity index (χ3v) is 4.22. The average Bonchev–Trinajstić information content (AvgIpc) is 2.41. The topological polar surface area (TPSA) is 21.3 Å². The quantitative estimate of drug-likeness (QED) is 0.544. The van der Waals surface area contributed by atoms with Crippen LogP contribution in [0.2, 0.25) is 0 Å². The second-order valence-corrected chi connectivity index (χ2v) is 6.55. The van der Waals surface area contributed by atoms with Crippen molar-refractivity contribution in [3.05, 3.63) is 29.8 Å². The molecule has 19 heavy (non-hydrogen) atoms. The fraction of sp³-hybridized carbons (Fsp3) is 0.625. The molecule has 0 spiro atoms. The highest BCUT2D eigenvalue weighted by Gasteiger charge is 2.15. The lowest BCUT2D eigenvalue weighted by Crippen LogP contribution is -2.22. The second kappa shape index (κ2) is 8.62. The van der Waals surface area contributed by atoms with Gasteiger partial charge in [-0.2, -0.15) is 0 Å². The van der Waals surface area contributed by atoms with Gasteiger partial charge in [0.15, 0.2) is 0 Å². The van der Waals surface area contributed by atoms with Gasteiger partial charge in [0.25, 0.3) is 0 Å². The van der Waals surface area contributed by atoms with Gasteiger partial charge in [0.05, 0.1) is 5.60 Å². The molecule has 0 aliphatic carbocycles. The fourth-order valence-corrected chi connectivity index (χ4v) is 2.79. The van der Waals surface area contributed by atoms with Crippen molar-refractivity contribution in [2.24, 2.45) is 0 Å². The summed E-state index contributed by atoms with van der Waals surface area (Å²) in [7, 11) is 1.78. The Morgan fingerprint density at radius 1 is 1.21 bits per heavy atom. The number of hydrogen-bond donors (Lipinski definition) is 1. The molecule has 0 radical (unpaired) electrons. The summed E-state index contributed by atoms with van der Waals surface area (Å²) < 4.78 is 5.43. The lowest BCUT2D eigenvalue weighted by Gasteiger charge is -2.22. The predicted molar refractivity (Wildman–Crippen MR) is 84.9 cm³/mol. The van der Waals surface area contributed by atoms with Crippen molar-refractivity contribution >= 4 is 11.8 Å². The van der Waals surface area contributed by atoms with Gasteiger partial charge in [-0.1, -0.05) is 19.1 Å². The van der Waals surface area contributed by atoms with Crippen molar-refractivity contribution < 1.29 is 4.74 Å². The van der Waals surface area contributed by atoms with Crippen LogP contribution in [0.3, 0.4) is 0 Å². The summed E-state index contributed by atoms with van der Waals surface area (Å²) in [6.45, 7) is 8.51. The summed E-state index contributed by atoms with van der Waals surface area (Å²) in [5, 5.41) is 3.42. The molecule has 0 aliphatic heterocycles. The van der Waals surface area contributed by atoms with Gasteiger partial charge in [0.1, 0.15) is 0 Å². The van der Waals surface area contributed by atoms with E-state index in [1.54, 1.807) is 7.11 Å². The number of methoxy groups -OCH3 is 1. The van der Waals surface area contributed by atoms with E-state index in [0.717, 1.165) is 25.3 Å². The van der Waals surface area contributed by atoms with Crippen molar-refractivity contribution in [2.75, 3.05) is 19.4 Å². The molecule has 0 unspecified atom stereocenters. The normalized spacial score (nSPS) is 11.8. The maximum absolute atomic E-state index is 5.43. The minimum Gasteiger partial charge on any atom is -0.379 e. The van der Waals surface area contributed by atoms with E-state index >= 15 is 0 Å². The van der Waals surface area contributed by atoms with Crippen molar-refractivity contribution in [1.29, 1.82) is 0 Å². The van der Waals surface area contributed by atoms with Gasteiger partial charge in [-0.15, -0.1) is 11.8 Å². The molecule has 1 N–H and O–H groups in total. The third-order valence-electron chi connectivity index (χ3n) is 3.20. The first kappa shape index (κ1) is 16.5. The van der Waals surface area contributed by atoms with Crippen LogP contribution in [0.1, 0.15) is 39.2 Å². The summed E-state index contributed by atoms with van der Waals surface area (Å²) in [4.78, 5) is 1.34. The van der Waals surface area contributed by atoms with E-state index in [2.05, 4.69) is 50.4 Å². The lowest BCUT2D eigenvalue weighted by atomic mass is 10.1. The highest BCUT2D eigenvalue weighted by molar-refractivity contribution is 7.99. The predicted octanol–water partition coefficient (Wildman–Crippen LogP) is 4.09. The van der Waals surface area contributed by atoms with Gasteiger partial charge >= 0.3 is 0 Å². The number of ether oxygens (including phenoxy) is 1. The van der Waals surface area contributed by atoms with Gasteiger partial charge in [0, 0.05) is 24.3 Å². The zero-order valence-corrected chi connectivity index (χ0v) is 13.5. The van der Waals surface area contributed by atoms with E-state index in [0.29, 0.717) is 0 Å². The Morgan fingerprint density at radius 2 is 1.89 bits per heavy atom. The van der Waals surface area contributed by atoms with Crippen LogP contribution in [0, 0.1) is 0 Å². The third kappa shape index (κ3) is 7.00. The van der Waals surface area contributed by atoms with Crippen molar-refractivity contribution in [3.8, 4) is 0 Å². The van der Waals surface area contributed by atoms with E-state index in [9.17, 15) is 0 Å². The summed E-state index contributed by atoms with van der Waals surface area (Å²) in [6.07, 6.45) is 2.25. The van der Waals surface area contributed by atoms with Crippen LogP contribution >= 0.6 is 11.8 Å². The Hall–Kier alpha value is -0.510. The number of benzene rings is 1. The molecule has 0 amide bonds. The maximum atomic E-state index is 5.43. The second-order valence-electron chi connectivity index (χ2n) is 5.38. The van der Waals surface area contributed by atoms with Crippen LogP contribution < -0.4 is 5.32 Å². The molecule has 0 aliphatic rings. The van der Waals surface area contributed by atoms with Crippen LogP contribution in [0.4, 0.5) is 0 Å². The van der Waals surface area contributed by atoms with Crippen LogP contribution in [0.5, 0.6) is 0 Å². The van der Waals surface area contributed by atoms with E-state index in [1.165, 1.54) is 16.9 Å². The van der Waals surface area contributed by atoms with E-state index < -0.39 is 0 Å². The van der Waals surface area contributed by atoms with Gasteiger partial charge in [-0.3, -0.25) is 0 Å². The van der Waals surface area contributed by atoms with Gasteiger partial charge in [0.2, 0.25) is 0 Å². The maximum Gasteiger partial charge on any atom is 0.0630 e. The highest BCUT2D eigenvalue weighted by atomic mass is 32.2. The Kier molecular flexibility index (Phi) is 7.51. The number of rotatable bonds is 9. The van der Waals surface area contributed by atoms with Crippen molar-refractivity contribution in [3.63, 3.8) is 0 Å². The van der Waals surface area contributed by atoms with Crippen LogP contribution in [-0.4, -0.2) is 25.0 Å². The fourth-order valence-electron chi connectivity index (χ4n) is 1.63. The van der Waals surface area contributed by atoms with Crippen LogP contribution in [0.25, 0.3) is 0 Å². The molecule has 3 heteroatoms. The monoisotopic (exact) mass is 281 g/mol. The minimum atomic E-state index is -0.0169. The first-order valence-corrected chi connectivity index (χ1v) is 8.03. The number of nitrogens with one attached hydrogen (secondary N) is 1. The van der Waals surface area contributed by atoms with Gasteiger partial charge in [-0.05, 0) is 50.9 Å². The van der Waals surface area contributed by atoms with Crippen LogP contribution in [0.15, 0.2) is 29.2 Å². The zero-order valence-electron chi connectivity index (χ0n) is 12.7. The van der Waals surface area contributed by atoms with Crippen molar-refractivity contribution in [2.45, 2.75) is 50.7 Å². The summed E-state index contributed by atoms with van der Waals surface area (Å²) in [5.41, 5.74) is 1.34. The molecule has 1 rings (SSSR count). The molecule has 0 saturated carbocycles. The first-order valence-electron chi connectivity index (χ1n) is 7.05. The molecule has 0 heterocycles. The first-order chi connectivity index (χ1) is 9.07. The zero-order chi connectivity index (χ0) is 14.1. The molecule has 1 aromatic carbocycles. The van der Waals surface area contributed by atoms with E-state index in [4.69, 9.17) is 4.74 Å². The number of hydrogen-bond acceptors (Lipinski definition) is 3. The Balaban J connectivity index is 2.32. The SMILES string of the molecule is CCCNCc1ccc(SCCC(C)(C)OC)cc1. The molecule has 108 valence electrons. The van der Waals surface area contributed by atoms with Gasteiger partial charge in [-0.25, -0.2) is 0 Å². The molecular formula is C16H27NOS. The molecule has 0 saturated heterocycles. The molecular weight excluding hydrogens is 254 g/mol.